The van der Waals surface area contributed by atoms with Crippen LogP contribution in [0.25, 0.3) is 0 Å². The zero-order chi connectivity index (χ0) is 6.53. The third-order valence-electron chi connectivity index (χ3n) is 1.45. The molecule has 0 unspecified atom stereocenters. The molecule has 50 valence electrons. The summed E-state index contributed by atoms with van der Waals surface area (Å²) >= 11 is 3.48. The van der Waals surface area contributed by atoms with Crippen LogP contribution >= 0.6 is 15.9 Å². The van der Waals surface area contributed by atoms with Crippen LogP contribution < -0.4 is 0 Å². The summed E-state index contributed by atoms with van der Waals surface area (Å²) in [6.07, 6.45) is 11.6. The molecule has 0 aliphatic heterocycles. The predicted molar refractivity (Wildman–Crippen MR) is 44.6 cm³/mol. The maximum absolute atomic E-state index is 3.48. The number of rotatable bonds is 0. The Balaban J connectivity index is 2.48. The van der Waals surface area contributed by atoms with Crippen molar-refractivity contribution >= 4 is 15.9 Å². The van der Waals surface area contributed by atoms with Crippen molar-refractivity contribution in [3.63, 3.8) is 0 Å². The highest BCUT2D eigenvalue weighted by atomic mass is 79.9. The Hall–Kier alpha value is -0.0400. The van der Waals surface area contributed by atoms with Crippen molar-refractivity contribution in [3.8, 4) is 0 Å². The Morgan fingerprint density at radius 1 is 1.33 bits per heavy atom. The van der Waals surface area contributed by atoms with Gasteiger partial charge in [0.15, 0.2) is 0 Å². The summed E-state index contributed by atoms with van der Waals surface area (Å²) in [5, 5.41) is 0. The fourth-order valence-corrected chi connectivity index (χ4v) is 1.34. The minimum atomic E-state index is 1.21. The predicted octanol–water partition coefficient (Wildman–Crippen LogP) is 3.40. The van der Waals surface area contributed by atoms with Crippen LogP contribution in [0.3, 0.4) is 0 Å². The smallest absolute Gasteiger partial charge is 0.00495 e. The molecule has 0 atom stereocenters. The van der Waals surface area contributed by atoms with Crippen molar-refractivity contribution in [2.75, 3.05) is 0 Å². The van der Waals surface area contributed by atoms with Crippen molar-refractivity contribution in [1.82, 2.24) is 0 Å². The molecular formula is C8H11Br. The van der Waals surface area contributed by atoms with Gasteiger partial charge in [-0.25, -0.2) is 0 Å². The Bertz CT molecular complexity index is 134. The number of hydrogen-bond donors (Lipinski definition) is 0. The zero-order valence-electron chi connectivity index (χ0n) is 5.44. The summed E-state index contributed by atoms with van der Waals surface area (Å²) in [6, 6.07) is 0. The van der Waals surface area contributed by atoms with E-state index in [2.05, 4.69) is 34.2 Å². The highest BCUT2D eigenvalue weighted by Crippen LogP contribution is 2.17. The molecule has 1 rings (SSSR count). The largest absolute Gasteiger partial charge is 0.0845 e. The molecule has 0 fully saturated rings. The zero-order valence-corrected chi connectivity index (χ0v) is 7.02. The Labute approximate surface area is 64.8 Å². The molecule has 0 radical (unpaired) electrons. The highest BCUT2D eigenvalue weighted by Gasteiger charge is 1.92. The van der Waals surface area contributed by atoms with E-state index < -0.39 is 0 Å². The van der Waals surface area contributed by atoms with Gasteiger partial charge in [-0.3, -0.25) is 0 Å². The summed E-state index contributed by atoms with van der Waals surface area (Å²) in [5.41, 5.74) is 0. The van der Waals surface area contributed by atoms with Gasteiger partial charge >= 0.3 is 0 Å². The van der Waals surface area contributed by atoms with Gasteiger partial charge in [-0.2, -0.15) is 0 Å². The second-order valence-corrected chi connectivity index (χ2v) is 3.31. The Morgan fingerprint density at radius 3 is 3.11 bits per heavy atom. The molecule has 1 heteroatoms. The number of allylic oxidation sites excluding steroid dienone is 4. The summed E-state index contributed by atoms with van der Waals surface area (Å²) < 4.78 is 1.33. The monoisotopic (exact) mass is 186 g/mol. The summed E-state index contributed by atoms with van der Waals surface area (Å²) in [6.45, 7) is 0. The van der Waals surface area contributed by atoms with Crippen LogP contribution in [0, 0.1) is 0 Å². The fourth-order valence-electron chi connectivity index (χ4n) is 0.908. The molecule has 1 aliphatic carbocycles. The van der Waals surface area contributed by atoms with Gasteiger partial charge in [-0.15, -0.1) is 0 Å². The van der Waals surface area contributed by atoms with Gasteiger partial charge in [0.25, 0.3) is 0 Å². The third kappa shape index (κ3) is 2.85. The van der Waals surface area contributed by atoms with Crippen molar-refractivity contribution < 1.29 is 0 Å². The lowest BCUT2D eigenvalue weighted by atomic mass is 10.1. The van der Waals surface area contributed by atoms with Crippen molar-refractivity contribution in [2.24, 2.45) is 0 Å². The van der Waals surface area contributed by atoms with E-state index in [4.69, 9.17) is 0 Å². The first-order valence-corrected chi connectivity index (χ1v) is 4.20. The molecule has 0 amide bonds. The van der Waals surface area contributed by atoms with E-state index in [1.165, 1.54) is 30.2 Å². The lowest BCUT2D eigenvalue weighted by molar-refractivity contribution is 0.755. The average Bonchev–Trinajstić information content (AvgIpc) is 1.79. The molecule has 0 heterocycles. The second kappa shape index (κ2) is 3.89. The third-order valence-corrected chi connectivity index (χ3v) is 2.11. The van der Waals surface area contributed by atoms with E-state index >= 15 is 0 Å². The van der Waals surface area contributed by atoms with Crippen LogP contribution in [0.1, 0.15) is 25.7 Å². The van der Waals surface area contributed by atoms with E-state index in [0.717, 1.165) is 0 Å². The van der Waals surface area contributed by atoms with Gasteiger partial charge in [0.1, 0.15) is 0 Å². The molecule has 0 saturated carbocycles. The summed E-state index contributed by atoms with van der Waals surface area (Å²) in [4.78, 5) is 0. The van der Waals surface area contributed by atoms with Crippen LogP contribution in [0.4, 0.5) is 0 Å². The van der Waals surface area contributed by atoms with Crippen LogP contribution in [0.5, 0.6) is 0 Å². The molecule has 9 heavy (non-hydrogen) atoms. The Morgan fingerprint density at radius 2 is 2.22 bits per heavy atom. The second-order valence-electron chi connectivity index (χ2n) is 2.29. The molecule has 0 N–H and O–H groups in total. The molecule has 1 aliphatic rings. The number of halogens is 1. The van der Waals surface area contributed by atoms with Crippen LogP contribution in [-0.4, -0.2) is 0 Å². The molecule has 0 spiro atoms. The van der Waals surface area contributed by atoms with E-state index in [0.29, 0.717) is 0 Å². The van der Waals surface area contributed by atoms with E-state index in [9.17, 15) is 0 Å². The van der Waals surface area contributed by atoms with Gasteiger partial charge in [0, 0.05) is 0 Å². The number of hydrogen-bond acceptors (Lipinski definition) is 0. The maximum atomic E-state index is 3.48. The van der Waals surface area contributed by atoms with Gasteiger partial charge < -0.3 is 0 Å². The first-order valence-electron chi connectivity index (χ1n) is 3.41. The SMILES string of the molecule is BrC1=CC=CCCCC1. The molecule has 0 aromatic heterocycles. The first-order chi connectivity index (χ1) is 4.39. The van der Waals surface area contributed by atoms with Gasteiger partial charge in [0.05, 0.1) is 0 Å². The summed E-state index contributed by atoms with van der Waals surface area (Å²) in [7, 11) is 0. The van der Waals surface area contributed by atoms with Crippen LogP contribution in [0.15, 0.2) is 22.7 Å². The average molecular weight is 187 g/mol. The molecule has 0 aromatic rings. The lowest BCUT2D eigenvalue weighted by Gasteiger charge is -1.99. The highest BCUT2D eigenvalue weighted by molar-refractivity contribution is 9.11. The molecule has 0 aromatic carbocycles. The minimum absolute atomic E-state index is 1.21. The normalized spacial score (nSPS) is 20.3. The molecule has 0 bridgehead atoms. The van der Waals surface area contributed by atoms with Crippen LogP contribution in [-0.2, 0) is 0 Å². The van der Waals surface area contributed by atoms with E-state index in [1.54, 1.807) is 0 Å². The van der Waals surface area contributed by atoms with E-state index in [-0.39, 0.29) is 0 Å². The van der Waals surface area contributed by atoms with Crippen molar-refractivity contribution in [3.05, 3.63) is 22.7 Å². The van der Waals surface area contributed by atoms with Gasteiger partial charge in [-0.1, -0.05) is 34.2 Å². The maximum Gasteiger partial charge on any atom is -0.00495 e. The van der Waals surface area contributed by atoms with Crippen LogP contribution in [0.2, 0.25) is 0 Å². The Kier molecular flexibility index (Phi) is 3.05. The first kappa shape index (κ1) is 7.07. The van der Waals surface area contributed by atoms with Crippen molar-refractivity contribution in [1.29, 1.82) is 0 Å². The van der Waals surface area contributed by atoms with Gasteiger partial charge in [0.2, 0.25) is 0 Å². The van der Waals surface area contributed by atoms with Gasteiger partial charge in [-0.05, 0) is 30.2 Å². The lowest BCUT2D eigenvalue weighted by Crippen LogP contribution is -1.78. The molecule has 0 nitrogen and oxygen atoms in total. The summed E-state index contributed by atoms with van der Waals surface area (Å²) in [5.74, 6) is 0. The van der Waals surface area contributed by atoms with Crippen molar-refractivity contribution in [2.45, 2.75) is 25.7 Å². The quantitative estimate of drug-likeness (QED) is 0.545. The standard InChI is InChI=1S/C8H11Br/c9-8-6-4-2-1-3-5-7-8/h2,4,6H,1,3,5,7H2. The van der Waals surface area contributed by atoms with E-state index in [1.807, 2.05) is 0 Å². The molecular weight excluding hydrogens is 176 g/mol. The minimum Gasteiger partial charge on any atom is -0.0845 e. The topological polar surface area (TPSA) is 0 Å². The molecule has 0 saturated heterocycles. The fraction of sp³-hybridized carbons (Fsp3) is 0.500.